The molecule has 4 saturated heterocycles. The molecule has 4 aliphatic heterocycles. The van der Waals surface area contributed by atoms with Gasteiger partial charge in [0.2, 0.25) is 29.5 Å². The van der Waals surface area contributed by atoms with Crippen LogP contribution >= 0.6 is 46.4 Å². The molecule has 6 N–H and O–H groups in total. The zero-order valence-electron chi connectivity index (χ0n) is 46.3. The number of amidine groups is 1. The zero-order chi connectivity index (χ0) is 63.8. The van der Waals surface area contributed by atoms with Crippen LogP contribution in [0.3, 0.4) is 0 Å². The number of oxime groups is 1. The Morgan fingerprint density at radius 3 is 1.42 bits per heavy atom. The topological polar surface area (TPSA) is 301 Å². The molecule has 11 rings (SSSR count). The number of nitrogens with zero attached hydrogens (tertiary/aromatic N) is 8. The molecular weight excluding hydrogens is 1240 g/mol. The first-order chi connectivity index (χ1) is 41.9. The second-order valence-corrected chi connectivity index (χ2v) is 21.4. The number of primary amides is 1. The van der Waals surface area contributed by atoms with E-state index in [1.165, 1.54) is 31.4 Å². The quantitative estimate of drug-likeness (QED) is 0.0405. The van der Waals surface area contributed by atoms with Gasteiger partial charge in [0.25, 0.3) is 5.89 Å². The number of nitrogens with two attached hydrogens (primary N) is 2. The molecule has 4 atom stereocenters. The van der Waals surface area contributed by atoms with E-state index in [1.54, 1.807) is 129 Å². The molecule has 0 saturated carbocycles. The average molecular weight is 1290 g/mol. The summed E-state index contributed by atoms with van der Waals surface area (Å²) in [5.74, 6) is -1.68. The van der Waals surface area contributed by atoms with Crippen LogP contribution in [0.15, 0.2) is 155 Å². The number of anilines is 4. The number of ether oxygens (including phenoxy) is 2. The molecule has 4 aliphatic rings. The highest BCUT2D eigenvalue weighted by Gasteiger charge is 2.37. The fourth-order valence-corrected chi connectivity index (χ4v) is 9.60. The zero-order valence-corrected chi connectivity index (χ0v) is 49.3. The van der Waals surface area contributed by atoms with Crippen LogP contribution in [-0.4, -0.2) is 101 Å². The predicted molar refractivity (Wildman–Crippen MR) is 321 cm³/mol. The van der Waals surface area contributed by atoms with Crippen LogP contribution in [0.5, 0.6) is 11.5 Å². The van der Waals surface area contributed by atoms with Crippen LogP contribution < -0.4 is 40.5 Å². The standard InChI is InChI=1S/C19H13ClF3N3O3.C11H12ClN3O2.C11H11ClN2O2.C11H9ClN2O.C8H8O3/c20-13-3-5-14(6-4-13)26-10-12(9-16(26)27)17-24-18(29-25-17)11-1-7-15(8-2-11)28-19(21,22)23;12-8-1-3-9(4-2-8)15-6-7(5-10(15)16)11(13)14-17;12-8-1-3-9(4-2-8)14-6-7(11(13)16)5-10(14)15;12-9-1-3-10(4-2-9)14-7-8(6-13)5-11(14)15;1-11-7-4-2-6(3-5-7)8(9)10/h1-8,12H,9-10H2;1-4,7,17H,5-6H2,(H2,13,14);1-4,7H,5-6H2,(H2,13,16);1-4,8H,5,7H2;2-5H,1H3,(H,9,10). The number of hydrogen-bond acceptors (Lipinski definition) is 14. The summed E-state index contributed by atoms with van der Waals surface area (Å²) in [4.78, 5) is 79.5. The number of benzene rings is 6. The van der Waals surface area contributed by atoms with Crippen molar-refractivity contribution in [1.82, 2.24) is 10.1 Å². The molecule has 5 heterocycles. The van der Waals surface area contributed by atoms with Crippen LogP contribution in [0.25, 0.3) is 11.5 Å². The number of aromatic carboxylic acids is 1. The van der Waals surface area contributed by atoms with Gasteiger partial charge in [-0.3, -0.25) is 24.0 Å². The van der Waals surface area contributed by atoms with E-state index in [0.29, 0.717) is 69.8 Å². The monoisotopic (exact) mass is 1290 g/mol. The second-order valence-electron chi connectivity index (χ2n) is 19.6. The van der Waals surface area contributed by atoms with Gasteiger partial charge in [-0.2, -0.15) is 10.2 Å². The summed E-state index contributed by atoms with van der Waals surface area (Å²) in [7, 11) is 1.54. The van der Waals surface area contributed by atoms with Gasteiger partial charge in [-0.25, -0.2) is 4.79 Å². The number of carbonyl (C=O) groups excluding carboxylic acids is 5. The summed E-state index contributed by atoms with van der Waals surface area (Å²) in [5, 5.41) is 35.2. The van der Waals surface area contributed by atoms with E-state index in [-0.39, 0.29) is 89.6 Å². The SMILES string of the molecule is COc1ccc(C(=O)O)cc1.N#CC1CC(=O)N(c2ccc(Cl)cc2)C1.NC(=NO)C1CC(=O)N(c2ccc(Cl)cc2)C1.NC(=O)C1CC(=O)N(c2ccc(Cl)cc2)C1.O=C1CC(c2noc(-c3ccc(OC(F)(F)F)cc3)n2)CN1c1ccc(Cl)cc1. The first-order valence-corrected chi connectivity index (χ1v) is 27.9. The van der Waals surface area contributed by atoms with Gasteiger partial charge in [-0.05, 0) is 146 Å². The Hall–Kier alpha value is -9.41. The molecule has 5 amide bonds. The van der Waals surface area contributed by atoms with Crippen LogP contribution in [0.1, 0.15) is 47.8 Å². The molecule has 4 unspecified atom stereocenters. The van der Waals surface area contributed by atoms with E-state index in [2.05, 4.69) is 26.1 Å². The minimum Gasteiger partial charge on any atom is -0.497 e. The Morgan fingerprint density at radius 2 is 1.02 bits per heavy atom. The van der Waals surface area contributed by atoms with Crippen molar-refractivity contribution in [3.05, 3.63) is 177 Å². The number of amides is 5. The van der Waals surface area contributed by atoms with Crippen molar-refractivity contribution in [3.63, 3.8) is 0 Å². The van der Waals surface area contributed by atoms with Crippen molar-refractivity contribution in [1.29, 1.82) is 5.26 Å². The maximum atomic E-state index is 12.4. The number of hydrogen-bond donors (Lipinski definition) is 4. The van der Waals surface area contributed by atoms with Gasteiger partial charge in [0.1, 0.15) is 17.3 Å². The van der Waals surface area contributed by atoms with Gasteiger partial charge in [0.05, 0.1) is 30.6 Å². The fourth-order valence-electron chi connectivity index (χ4n) is 9.09. The number of halogens is 7. The molecule has 7 aromatic rings. The minimum atomic E-state index is -4.76. The number of carboxylic acid groups (broad SMARTS) is 1. The number of carboxylic acids is 1. The molecule has 0 aliphatic carbocycles. The molecule has 0 spiro atoms. The molecule has 458 valence electrons. The van der Waals surface area contributed by atoms with Crippen LogP contribution in [0.2, 0.25) is 20.1 Å². The fraction of sp³-hybridized carbons (Fsp3) is 0.233. The van der Waals surface area contributed by atoms with E-state index >= 15 is 0 Å². The van der Waals surface area contributed by atoms with Gasteiger partial charge < -0.3 is 55.4 Å². The third-order valence-corrected chi connectivity index (χ3v) is 14.7. The molecule has 21 nitrogen and oxygen atoms in total. The molecule has 1 aromatic heterocycles. The number of alkyl halides is 3. The lowest BCUT2D eigenvalue weighted by molar-refractivity contribution is -0.274. The third-order valence-electron chi connectivity index (χ3n) is 13.7. The van der Waals surface area contributed by atoms with Crippen LogP contribution in [0, 0.1) is 29.1 Å². The van der Waals surface area contributed by atoms with E-state index in [4.69, 9.17) is 82.7 Å². The highest BCUT2D eigenvalue weighted by molar-refractivity contribution is 6.31. The summed E-state index contributed by atoms with van der Waals surface area (Å²) >= 11 is 23.2. The average Bonchev–Trinajstić information content (AvgIpc) is 4.52. The molecule has 88 heavy (non-hydrogen) atoms. The van der Waals surface area contributed by atoms with Crippen molar-refractivity contribution >= 4 is 110 Å². The summed E-state index contributed by atoms with van der Waals surface area (Å²) in [6, 6.07) is 41.4. The molecule has 0 radical (unpaired) electrons. The summed E-state index contributed by atoms with van der Waals surface area (Å²) in [6.45, 7) is 1.65. The van der Waals surface area contributed by atoms with Gasteiger partial charge in [0.15, 0.2) is 5.82 Å². The lowest BCUT2D eigenvalue weighted by atomic mass is 10.1. The maximum absolute atomic E-state index is 12.4. The van der Waals surface area contributed by atoms with E-state index in [1.807, 2.05) is 0 Å². The highest BCUT2D eigenvalue weighted by Crippen LogP contribution is 2.34. The number of aromatic nitrogens is 2. The normalized spacial score (nSPS) is 18.0. The van der Waals surface area contributed by atoms with Gasteiger partial charge in [-0.1, -0.05) is 56.7 Å². The van der Waals surface area contributed by atoms with Gasteiger partial charge >= 0.3 is 12.3 Å². The second kappa shape index (κ2) is 30.3. The molecule has 28 heteroatoms. The van der Waals surface area contributed by atoms with E-state index in [0.717, 1.165) is 34.9 Å². The third kappa shape index (κ3) is 18.3. The van der Waals surface area contributed by atoms with Crippen molar-refractivity contribution in [3.8, 4) is 29.0 Å². The summed E-state index contributed by atoms with van der Waals surface area (Å²) in [6.07, 6.45) is -3.76. The highest BCUT2D eigenvalue weighted by atomic mass is 35.5. The van der Waals surface area contributed by atoms with Crippen LogP contribution in [0.4, 0.5) is 35.9 Å². The summed E-state index contributed by atoms with van der Waals surface area (Å²) < 4.78 is 50.7. The summed E-state index contributed by atoms with van der Waals surface area (Å²) in [5.41, 5.74) is 14.5. The Balaban J connectivity index is 0.000000164. The number of carbonyl (C=O) groups is 6. The smallest absolute Gasteiger partial charge is 0.497 e. The number of methoxy groups -OCH3 is 1. The van der Waals surface area contributed by atoms with Crippen molar-refractivity contribution in [2.45, 2.75) is 38.0 Å². The van der Waals surface area contributed by atoms with E-state index in [9.17, 15) is 41.9 Å². The van der Waals surface area contributed by atoms with Crippen molar-refractivity contribution in [2.24, 2.45) is 34.4 Å². The first kappa shape index (κ1) is 66.1. The predicted octanol–water partition coefficient (Wildman–Crippen LogP) is 11.0. The largest absolute Gasteiger partial charge is 0.573 e. The molecule has 4 fully saturated rings. The van der Waals surface area contributed by atoms with Crippen molar-refractivity contribution < 1.29 is 66.2 Å². The lowest BCUT2D eigenvalue weighted by Gasteiger charge is -2.16. The Bertz CT molecular complexity index is 3660. The molecule has 0 bridgehead atoms. The maximum Gasteiger partial charge on any atom is 0.573 e. The van der Waals surface area contributed by atoms with E-state index < -0.39 is 18.2 Å². The molecular formula is C60H53Cl4F3N10O11. The van der Waals surface area contributed by atoms with Crippen LogP contribution in [-0.2, 0) is 24.0 Å². The number of rotatable bonds is 11. The Morgan fingerprint density at radius 1 is 0.614 bits per heavy atom. The minimum absolute atomic E-state index is 0.00359. The molecule has 6 aromatic carbocycles. The number of nitriles is 1. The van der Waals surface area contributed by atoms with Gasteiger partial charge in [0, 0.05) is 112 Å². The Labute approximate surface area is 520 Å². The van der Waals surface area contributed by atoms with Crippen molar-refractivity contribution in [2.75, 3.05) is 52.9 Å². The lowest BCUT2D eigenvalue weighted by Crippen LogP contribution is -2.28. The van der Waals surface area contributed by atoms with Gasteiger partial charge in [-0.15, -0.1) is 13.2 Å². The Kier molecular flexibility index (Phi) is 22.8. The first-order valence-electron chi connectivity index (χ1n) is 26.4.